The van der Waals surface area contributed by atoms with Crippen molar-refractivity contribution in [3.05, 3.63) is 35.4 Å². The highest BCUT2D eigenvalue weighted by Gasteiger charge is 2.18. The van der Waals surface area contributed by atoms with Crippen molar-refractivity contribution in [1.82, 2.24) is 4.31 Å². The smallest absolute Gasteiger partial charge is 0.214 e. The van der Waals surface area contributed by atoms with Crippen LogP contribution in [-0.4, -0.2) is 30.5 Å². The van der Waals surface area contributed by atoms with Gasteiger partial charge in [0, 0.05) is 19.2 Å². The summed E-state index contributed by atoms with van der Waals surface area (Å²) in [5, 5.41) is 0. The zero-order chi connectivity index (χ0) is 15.3. The molecule has 2 N–H and O–H groups in total. The van der Waals surface area contributed by atoms with Crippen molar-refractivity contribution in [2.24, 2.45) is 11.7 Å². The molecule has 0 fully saturated rings. The number of hydrogen-bond donors (Lipinski definition) is 1. The third-order valence-electron chi connectivity index (χ3n) is 3.04. The van der Waals surface area contributed by atoms with E-state index in [1.807, 2.05) is 38.1 Å². The van der Waals surface area contributed by atoms with Gasteiger partial charge < -0.3 is 5.73 Å². The van der Waals surface area contributed by atoms with Gasteiger partial charge in [-0.3, -0.25) is 0 Å². The summed E-state index contributed by atoms with van der Waals surface area (Å²) in [5.41, 5.74) is 7.22. The maximum Gasteiger partial charge on any atom is 0.214 e. The van der Waals surface area contributed by atoms with E-state index >= 15 is 0 Å². The number of nitrogens with zero attached hydrogens (tertiary/aromatic N) is 1. The number of thiocarbonyl (C=S) groups is 1. The van der Waals surface area contributed by atoms with Crippen molar-refractivity contribution in [2.45, 2.75) is 26.8 Å². The Hall–Kier alpha value is -0.980. The van der Waals surface area contributed by atoms with Crippen LogP contribution in [0.1, 0.15) is 31.4 Å². The van der Waals surface area contributed by atoms with Crippen LogP contribution < -0.4 is 5.73 Å². The first-order valence-electron chi connectivity index (χ1n) is 6.55. The minimum Gasteiger partial charge on any atom is -0.389 e. The Morgan fingerprint density at radius 3 is 2.60 bits per heavy atom. The highest BCUT2D eigenvalue weighted by atomic mass is 32.2. The van der Waals surface area contributed by atoms with Gasteiger partial charge in [-0.1, -0.05) is 44.3 Å². The summed E-state index contributed by atoms with van der Waals surface area (Å²) in [7, 11) is -1.62. The topological polar surface area (TPSA) is 63.4 Å². The quantitative estimate of drug-likeness (QED) is 0.783. The summed E-state index contributed by atoms with van der Waals surface area (Å²) < 4.78 is 25.7. The number of sulfonamides is 1. The van der Waals surface area contributed by atoms with Gasteiger partial charge in [-0.05, 0) is 24.0 Å². The van der Waals surface area contributed by atoms with Crippen LogP contribution in [0.2, 0.25) is 0 Å². The second-order valence-electron chi connectivity index (χ2n) is 5.32. The van der Waals surface area contributed by atoms with E-state index in [0.29, 0.717) is 23.9 Å². The molecule has 0 bridgehead atoms. The summed E-state index contributed by atoms with van der Waals surface area (Å²) in [6.45, 7) is 4.36. The molecule has 0 atom stereocenters. The predicted octanol–water partition coefficient (Wildman–Crippen LogP) is 2.13. The molecule has 0 unspecified atom stereocenters. The molecule has 0 saturated carbocycles. The standard InChI is InChI=1S/C14H22N2O2S2/c1-11(2)7-8-20(17,18)16(3)10-12-5-4-6-13(9-12)14(15)19/h4-6,9,11H,7-8,10H2,1-3H3,(H2,15,19). The Balaban J connectivity index is 2.77. The fraction of sp³-hybridized carbons (Fsp3) is 0.500. The third kappa shape index (κ3) is 5.19. The van der Waals surface area contributed by atoms with Crippen molar-refractivity contribution in [3.8, 4) is 0 Å². The number of rotatable bonds is 7. The molecule has 0 aliphatic rings. The molecular weight excluding hydrogens is 292 g/mol. The Kier molecular flexibility index (Phi) is 6.10. The fourth-order valence-corrected chi connectivity index (χ4v) is 3.27. The molecule has 0 aliphatic carbocycles. The van der Waals surface area contributed by atoms with E-state index < -0.39 is 10.0 Å². The maximum atomic E-state index is 12.1. The zero-order valence-electron chi connectivity index (χ0n) is 12.2. The molecule has 0 saturated heterocycles. The van der Waals surface area contributed by atoms with Gasteiger partial charge >= 0.3 is 0 Å². The monoisotopic (exact) mass is 314 g/mol. The van der Waals surface area contributed by atoms with E-state index in [0.717, 1.165) is 11.1 Å². The SMILES string of the molecule is CC(C)CCS(=O)(=O)N(C)Cc1cccc(C(N)=S)c1. The molecule has 20 heavy (non-hydrogen) atoms. The second kappa shape index (κ2) is 7.15. The van der Waals surface area contributed by atoms with Crippen molar-refractivity contribution >= 4 is 27.2 Å². The summed E-state index contributed by atoms with van der Waals surface area (Å²) in [6.07, 6.45) is 0.666. The van der Waals surface area contributed by atoms with Crippen LogP contribution in [0.3, 0.4) is 0 Å². The Bertz CT molecular complexity index is 568. The Labute approximate surface area is 127 Å². The van der Waals surface area contributed by atoms with Gasteiger partial charge in [-0.25, -0.2) is 12.7 Å². The molecule has 1 aromatic rings. The molecule has 4 nitrogen and oxygen atoms in total. The van der Waals surface area contributed by atoms with Crippen LogP contribution in [0.25, 0.3) is 0 Å². The maximum absolute atomic E-state index is 12.1. The average molecular weight is 314 g/mol. The van der Waals surface area contributed by atoms with Crippen LogP contribution in [-0.2, 0) is 16.6 Å². The van der Waals surface area contributed by atoms with E-state index in [-0.39, 0.29) is 5.75 Å². The van der Waals surface area contributed by atoms with Crippen molar-refractivity contribution in [3.63, 3.8) is 0 Å². The van der Waals surface area contributed by atoms with Gasteiger partial charge in [0.1, 0.15) is 4.99 Å². The van der Waals surface area contributed by atoms with Crippen molar-refractivity contribution in [2.75, 3.05) is 12.8 Å². The number of benzene rings is 1. The van der Waals surface area contributed by atoms with E-state index in [2.05, 4.69) is 0 Å². The summed E-state index contributed by atoms with van der Waals surface area (Å²) in [5.74, 6) is 0.548. The second-order valence-corrected chi connectivity index (χ2v) is 7.95. The van der Waals surface area contributed by atoms with Crippen LogP contribution in [0.5, 0.6) is 0 Å². The zero-order valence-corrected chi connectivity index (χ0v) is 13.8. The van der Waals surface area contributed by atoms with E-state index in [1.165, 1.54) is 4.31 Å². The van der Waals surface area contributed by atoms with Crippen LogP contribution in [0, 0.1) is 5.92 Å². The molecule has 6 heteroatoms. The van der Waals surface area contributed by atoms with Gasteiger partial charge in [0.25, 0.3) is 0 Å². The molecular formula is C14H22N2O2S2. The predicted molar refractivity (Wildman–Crippen MR) is 87.0 cm³/mol. The summed E-state index contributed by atoms with van der Waals surface area (Å²) in [4.78, 5) is 0.317. The van der Waals surface area contributed by atoms with Gasteiger partial charge in [0.2, 0.25) is 10.0 Å². The number of hydrogen-bond acceptors (Lipinski definition) is 3. The molecule has 0 aliphatic heterocycles. The lowest BCUT2D eigenvalue weighted by molar-refractivity contribution is 0.460. The molecule has 112 valence electrons. The Morgan fingerprint density at radius 1 is 1.40 bits per heavy atom. The first-order valence-corrected chi connectivity index (χ1v) is 8.57. The molecule has 1 aromatic carbocycles. The largest absolute Gasteiger partial charge is 0.389 e. The minimum atomic E-state index is -3.22. The molecule has 1 rings (SSSR count). The summed E-state index contributed by atoms with van der Waals surface area (Å²) in [6, 6.07) is 7.35. The van der Waals surface area contributed by atoms with Gasteiger partial charge in [0.15, 0.2) is 0 Å². The highest BCUT2D eigenvalue weighted by molar-refractivity contribution is 7.89. The lowest BCUT2D eigenvalue weighted by Crippen LogP contribution is -2.29. The molecule has 0 heterocycles. The molecule has 0 radical (unpaired) electrons. The lowest BCUT2D eigenvalue weighted by Gasteiger charge is -2.18. The van der Waals surface area contributed by atoms with Crippen LogP contribution >= 0.6 is 12.2 Å². The van der Waals surface area contributed by atoms with E-state index in [1.54, 1.807) is 7.05 Å². The Morgan fingerprint density at radius 2 is 2.05 bits per heavy atom. The van der Waals surface area contributed by atoms with Crippen molar-refractivity contribution < 1.29 is 8.42 Å². The lowest BCUT2D eigenvalue weighted by atomic mass is 10.1. The highest BCUT2D eigenvalue weighted by Crippen LogP contribution is 2.12. The number of nitrogens with two attached hydrogens (primary N) is 1. The molecule has 0 amide bonds. The fourth-order valence-electron chi connectivity index (χ4n) is 1.72. The minimum absolute atomic E-state index is 0.177. The van der Waals surface area contributed by atoms with Gasteiger partial charge in [-0.2, -0.15) is 0 Å². The first kappa shape index (κ1) is 17.1. The third-order valence-corrected chi connectivity index (χ3v) is 5.11. The first-order chi connectivity index (χ1) is 9.22. The van der Waals surface area contributed by atoms with E-state index in [4.69, 9.17) is 18.0 Å². The van der Waals surface area contributed by atoms with E-state index in [9.17, 15) is 8.42 Å². The molecule has 0 spiro atoms. The molecule has 0 aromatic heterocycles. The normalized spacial score (nSPS) is 12.1. The average Bonchev–Trinajstić information content (AvgIpc) is 2.36. The van der Waals surface area contributed by atoms with Crippen LogP contribution in [0.15, 0.2) is 24.3 Å². The van der Waals surface area contributed by atoms with Gasteiger partial charge in [-0.15, -0.1) is 0 Å². The van der Waals surface area contributed by atoms with Crippen LogP contribution in [0.4, 0.5) is 0 Å². The van der Waals surface area contributed by atoms with Crippen molar-refractivity contribution in [1.29, 1.82) is 0 Å². The van der Waals surface area contributed by atoms with Gasteiger partial charge in [0.05, 0.1) is 5.75 Å². The summed E-state index contributed by atoms with van der Waals surface area (Å²) >= 11 is 4.92.